The van der Waals surface area contributed by atoms with Gasteiger partial charge in [0, 0.05) is 0 Å². The molecule has 0 unspecified atom stereocenters. The highest BCUT2D eigenvalue weighted by atomic mass is 15.1. The Hall–Kier alpha value is -0.280. The minimum absolute atomic E-state index is 0.808. The van der Waals surface area contributed by atoms with Gasteiger partial charge in [0.2, 0.25) is 0 Å². The zero-order chi connectivity index (χ0) is 22.7. The van der Waals surface area contributed by atoms with Crippen molar-refractivity contribution in [3.63, 3.8) is 0 Å². The Labute approximate surface area is 194 Å². The lowest BCUT2D eigenvalue weighted by atomic mass is 10.2. The SMILES string of the molecule is NCCCCNCCCCNCCCCN(CCCCN)CCCCNCCCCN. The van der Waals surface area contributed by atoms with E-state index in [9.17, 15) is 0 Å². The van der Waals surface area contributed by atoms with E-state index in [1.54, 1.807) is 0 Å². The van der Waals surface area contributed by atoms with E-state index < -0.39 is 0 Å². The molecule has 0 fully saturated rings. The molecule has 7 nitrogen and oxygen atoms in total. The number of rotatable bonds is 27. The number of hydrogen-bond donors (Lipinski definition) is 6. The maximum absolute atomic E-state index is 5.68. The first-order chi connectivity index (χ1) is 15.3. The van der Waals surface area contributed by atoms with Crippen molar-refractivity contribution in [3.05, 3.63) is 0 Å². The first-order valence-corrected chi connectivity index (χ1v) is 13.3. The van der Waals surface area contributed by atoms with Crippen LogP contribution in [0.5, 0.6) is 0 Å². The molecule has 0 aromatic rings. The van der Waals surface area contributed by atoms with Crippen molar-refractivity contribution < 1.29 is 0 Å². The molecule has 0 amide bonds. The van der Waals surface area contributed by atoms with E-state index in [0.717, 1.165) is 78.2 Å². The average molecular weight is 444 g/mol. The van der Waals surface area contributed by atoms with Crippen molar-refractivity contribution in [2.75, 3.05) is 78.5 Å². The van der Waals surface area contributed by atoms with Gasteiger partial charge in [-0.2, -0.15) is 0 Å². The highest BCUT2D eigenvalue weighted by Crippen LogP contribution is 2.02. The van der Waals surface area contributed by atoms with Crippen LogP contribution in [0.25, 0.3) is 0 Å². The zero-order valence-electron chi connectivity index (χ0n) is 20.6. The second kappa shape index (κ2) is 27.8. The first-order valence-electron chi connectivity index (χ1n) is 13.3. The van der Waals surface area contributed by atoms with Crippen molar-refractivity contribution in [2.24, 2.45) is 17.2 Å². The Morgan fingerprint density at radius 1 is 0.355 bits per heavy atom. The summed E-state index contributed by atoms with van der Waals surface area (Å²) in [5.74, 6) is 0. The standard InChI is InChI=1S/C24H57N7/c25-13-1-4-16-28-18-6-7-19-30-21-9-12-24-31(22-10-3-15-27)23-11-8-20-29-17-5-2-14-26/h28-30H,1-27H2. The Morgan fingerprint density at radius 2 is 0.613 bits per heavy atom. The quantitative estimate of drug-likeness (QED) is 0.107. The van der Waals surface area contributed by atoms with Crippen LogP contribution in [0.15, 0.2) is 0 Å². The molecule has 0 aliphatic rings. The summed E-state index contributed by atoms with van der Waals surface area (Å²) in [7, 11) is 0. The Kier molecular flexibility index (Phi) is 27.5. The largest absolute Gasteiger partial charge is 0.330 e. The van der Waals surface area contributed by atoms with Gasteiger partial charge in [0.05, 0.1) is 0 Å². The van der Waals surface area contributed by atoms with Crippen molar-refractivity contribution in [2.45, 2.75) is 77.0 Å². The maximum atomic E-state index is 5.68. The molecular weight excluding hydrogens is 386 g/mol. The molecule has 0 spiro atoms. The molecule has 9 N–H and O–H groups in total. The van der Waals surface area contributed by atoms with Crippen molar-refractivity contribution in [1.29, 1.82) is 0 Å². The van der Waals surface area contributed by atoms with Crippen LogP contribution in [0.2, 0.25) is 0 Å². The number of hydrogen-bond acceptors (Lipinski definition) is 7. The molecule has 0 aliphatic heterocycles. The fourth-order valence-electron chi connectivity index (χ4n) is 3.65. The van der Waals surface area contributed by atoms with Crippen molar-refractivity contribution in [1.82, 2.24) is 20.9 Å². The first kappa shape index (κ1) is 30.7. The van der Waals surface area contributed by atoms with E-state index in [2.05, 4.69) is 20.9 Å². The Morgan fingerprint density at radius 3 is 0.968 bits per heavy atom. The van der Waals surface area contributed by atoms with E-state index in [0.29, 0.717) is 0 Å². The van der Waals surface area contributed by atoms with E-state index in [-0.39, 0.29) is 0 Å². The third-order valence-corrected chi connectivity index (χ3v) is 5.66. The number of nitrogens with two attached hydrogens (primary N) is 3. The predicted octanol–water partition coefficient (Wildman–Crippen LogP) is 1.61. The molecular formula is C24H57N7. The average Bonchev–Trinajstić information content (AvgIpc) is 2.78. The van der Waals surface area contributed by atoms with Gasteiger partial charge in [-0.1, -0.05) is 0 Å². The van der Waals surface area contributed by atoms with Crippen LogP contribution >= 0.6 is 0 Å². The van der Waals surface area contributed by atoms with Gasteiger partial charge in [0.1, 0.15) is 0 Å². The summed E-state index contributed by atoms with van der Waals surface area (Å²) in [5, 5.41) is 10.6. The van der Waals surface area contributed by atoms with Gasteiger partial charge in [0.25, 0.3) is 0 Å². The molecule has 0 radical (unpaired) electrons. The molecule has 0 saturated heterocycles. The fraction of sp³-hybridized carbons (Fsp3) is 1.00. The van der Waals surface area contributed by atoms with Gasteiger partial charge in [-0.05, 0) is 156 Å². The van der Waals surface area contributed by atoms with Crippen LogP contribution in [0.3, 0.4) is 0 Å². The summed E-state index contributed by atoms with van der Waals surface area (Å²) in [6.45, 7) is 12.8. The zero-order valence-corrected chi connectivity index (χ0v) is 20.6. The van der Waals surface area contributed by atoms with Gasteiger partial charge < -0.3 is 38.1 Å². The van der Waals surface area contributed by atoms with Gasteiger partial charge in [-0.3, -0.25) is 0 Å². The molecule has 0 heterocycles. The third kappa shape index (κ3) is 25.9. The Bertz CT molecular complexity index is 318. The van der Waals surface area contributed by atoms with Crippen molar-refractivity contribution in [3.8, 4) is 0 Å². The van der Waals surface area contributed by atoms with Crippen molar-refractivity contribution >= 4 is 0 Å². The molecule has 0 aliphatic carbocycles. The summed E-state index contributed by atoms with van der Waals surface area (Å²) in [5.41, 5.74) is 16.7. The third-order valence-electron chi connectivity index (χ3n) is 5.66. The normalized spacial score (nSPS) is 11.6. The topological polar surface area (TPSA) is 117 Å². The summed E-state index contributed by atoms with van der Waals surface area (Å²) in [4.78, 5) is 2.65. The van der Waals surface area contributed by atoms with Crippen LogP contribution in [-0.2, 0) is 0 Å². The van der Waals surface area contributed by atoms with Gasteiger partial charge in [0.15, 0.2) is 0 Å². The molecule has 31 heavy (non-hydrogen) atoms. The van der Waals surface area contributed by atoms with Crippen LogP contribution < -0.4 is 33.2 Å². The van der Waals surface area contributed by atoms with Crippen LogP contribution in [-0.4, -0.2) is 83.4 Å². The lowest BCUT2D eigenvalue weighted by Gasteiger charge is -2.22. The van der Waals surface area contributed by atoms with Gasteiger partial charge in [-0.15, -0.1) is 0 Å². The predicted molar refractivity (Wildman–Crippen MR) is 138 cm³/mol. The second-order valence-corrected chi connectivity index (χ2v) is 8.70. The van der Waals surface area contributed by atoms with Gasteiger partial charge >= 0.3 is 0 Å². The summed E-state index contributed by atoms with van der Waals surface area (Å²) in [6, 6.07) is 0. The number of nitrogens with zero attached hydrogens (tertiary/aromatic N) is 1. The minimum atomic E-state index is 0.808. The second-order valence-electron chi connectivity index (χ2n) is 8.70. The summed E-state index contributed by atoms with van der Waals surface area (Å²) in [6.07, 6.45) is 14.6. The van der Waals surface area contributed by atoms with E-state index in [1.807, 2.05) is 0 Å². The molecule has 0 saturated carbocycles. The van der Waals surface area contributed by atoms with Gasteiger partial charge in [-0.25, -0.2) is 0 Å². The highest BCUT2D eigenvalue weighted by Gasteiger charge is 2.04. The number of nitrogens with one attached hydrogen (secondary N) is 3. The Balaban J connectivity index is 3.56. The number of unbranched alkanes of at least 4 members (excludes halogenated alkanes) is 6. The summed E-state index contributed by atoms with van der Waals surface area (Å²) < 4.78 is 0. The lowest BCUT2D eigenvalue weighted by Crippen LogP contribution is -2.29. The van der Waals surface area contributed by atoms with E-state index in [4.69, 9.17) is 17.2 Å². The highest BCUT2D eigenvalue weighted by molar-refractivity contribution is 4.62. The molecule has 7 heteroatoms. The van der Waals surface area contributed by atoms with Crippen LogP contribution in [0, 0.1) is 0 Å². The fourth-order valence-corrected chi connectivity index (χ4v) is 3.65. The van der Waals surface area contributed by atoms with E-state index >= 15 is 0 Å². The molecule has 0 bridgehead atoms. The molecule has 188 valence electrons. The minimum Gasteiger partial charge on any atom is -0.330 e. The monoisotopic (exact) mass is 443 g/mol. The smallest absolute Gasteiger partial charge is 0.00183 e. The molecule has 0 aromatic heterocycles. The van der Waals surface area contributed by atoms with E-state index in [1.165, 1.54) is 77.4 Å². The lowest BCUT2D eigenvalue weighted by molar-refractivity contribution is 0.257. The summed E-state index contributed by atoms with van der Waals surface area (Å²) >= 11 is 0. The van der Waals surface area contributed by atoms with Crippen LogP contribution in [0.4, 0.5) is 0 Å². The molecule has 0 rings (SSSR count). The van der Waals surface area contributed by atoms with Crippen LogP contribution in [0.1, 0.15) is 77.0 Å². The molecule has 0 aromatic carbocycles. The maximum Gasteiger partial charge on any atom is -0.00183 e. The molecule has 0 atom stereocenters.